The summed E-state index contributed by atoms with van der Waals surface area (Å²) in [5.41, 5.74) is 3.43. The molecule has 0 aliphatic rings. The predicted octanol–water partition coefficient (Wildman–Crippen LogP) is 4.48. The number of allylic oxidation sites excluding steroid dienone is 1. The summed E-state index contributed by atoms with van der Waals surface area (Å²) in [7, 11) is 3.22. The number of hydrogen-bond donors (Lipinski definition) is 1. The van der Waals surface area contributed by atoms with Crippen molar-refractivity contribution in [2.24, 2.45) is 0 Å². The average Bonchev–Trinajstić information content (AvgIpc) is 2.58. The number of nitrogens with zero attached hydrogens (tertiary/aromatic N) is 1. The van der Waals surface area contributed by atoms with Crippen LogP contribution in [-0.2, 0) is 6.42 Å². The molecule has 0 atom stereocenters. The zero-order valence-corrected chi connectivity index (χ0v) is 14.4. The summed E-state index contributed by atoms with van der Waals surface area (Å²) < 4.78 is 10.7. The molecule has 1 aromatic carbocycles. The van der Waals surface area contributed by atoms with Crippen LogP contribution in [0.5, 0.6) is 17.2 Å². The maximum Gasteiger partial charge on any atom is 0.144 e. The van der Waals surface area contributed by atoms with Gasteiger partial charge >= 0.3 is 0 Å². The number of benzene rings is 1. The fraction of sp³-hybridized carbons (Fsp3) is 0.250. The van der Waals surface area contributed by atoms with Gasteiger partial charge in [0.05, 0.1) is 14.2 Å². The lowest BCUT2D eigenvalue weighted by molar-refractivity contribution is 0.399. The fourth-order valence-corrected chi connectivity index (χ4v) is 2.40. The summed E-state index contributed by atoms with van der Waals surface area (Å²) >= 11 is 0. The Morgan fingerprint density at radius 1 is 1.21 bits per heavy atom. The van der Waals surface area contributed by atoms with Crippen molar-refractivity contribution in [3.05, 3.63) is 59.4 Å². The van der Waals surface area contributed by atoms with Gasteiger partial charge in [-0.05, 0) is 55.7 Å². The number of methoxy groups -OCH3 is 2. The van der Waals surface area contributed by atoms with Crippen LogP contribution in [0.1, 0.15) is 30.2 Å². The highest BCUT2D eigenvalue weighted by Crippen LogP contribution is 2.32. The lowest BCUT2D eigenvalue weighted by Gasteiger charge is -2.12. The summed E-state index contributed by atoms with van der Waals surface area (Å²) in [6, 6.07) is 7.30. The Labute approximate surface area is 143 Å². The van der Waals surface area contributed by atoms with E-state index < -0.39 is 0 Å². The molecule has 2 rings (SSSR count). The first-order chi connectivity index (χ1) is 11.5. The van der Waals surface area contributed by atoms with E-state index in [1.807, 2.05) is 37.3 Å². The SMILES string of the molecule is C=C(C)CCc1c(O)cc(C=Cc2ncccc2OC)cc1OC. The molecule has 0 saturated heterocycles. The summed E-state index contributed by atoms with van der Waals surface area (Å²) in [6.07, 6.45) is 6.93. The van der Waals surface area contributed by atoms with Crippen LogP contribution in [0, 0.1) is 0 Å². The van der Waals surface area contributed by atoms with E-state index in [4.69, 9.17) is 9.47 Å². The van der Waals surface area contributed by atoms with E-state index in [0.717, 1.165) is 28.8 Å². The number of phenolic OH excluding ortho intramolecular Hbond substituents is 1. The Kier molecular flexibility index (Phi) is 6.01. The number of aromatic nitrogens is 1. The molecule has 126 valence electrons. The molecule has 0 bridgehead atoms. The first-order valence-corrected chi connectivity index (χ1v) is 7.76. The Morgan fingerprint density at radius 3 is 2.62 bits per heavy atom. The van der Waals surface area contributed by atoms with Gasteiger partial charge in [0.2, 0.25) is 0 Å². The molecule has 1 heterocycles. The highest BCUT2D eigenvalue weighted by atomic mass is 16.5. The molecule has 0 aliphatic heterocycles. The van der Waals surface area contributed by atoms with Gasteiger partial charge in [0.15, 0.2) is 0 Å². The maximum atomic E-state index is 10.3. The van der Waals surface area contributed by atoms with E-state index in [1.165, 1.54) is 0 Å². The maximum absolute atomic E-state index is 10.3. The van der Waals surface area contributed by atoms with Gasteiger partial charge in [-0.2, -0.15) is 0 Å². The van der Waals surface area contributed by atoms with E-state index >= 15 is 0 Å². The molecular formula is C20H23NO3. The van der Waals surface area contributed by atoms with E-state index in [9.17, 15) is 5.11 Å². The third kappa shape index (κ3) is 4.38. The molecule has 0 aliphatic carbocycles. The van der Waals surface area contributed by atoms with Crippen molar-refractivity contribution in [3.8, 4) is 17.2 Å². The topological polar surface area (TPSA) is 51.6 Å². The second-order valence-electron chi connectivity index (χ2n) is 5.60. The second-order valence-corrected chi connectivity index (χ2v) is 5.60. The quantitative estimate of drug-likeness (QED) is 0.762. The van der Waals surface area contributed by atoms with Crippen molar-refractivity contribution < 1.29 is 14.6 Å². The molecule has 4 nitrogen and oxygen atoms in total. The highest BCUT2D eigenvalue weighted by molar-refractivity contribution is 5.72. The number of rotatable bonds is 7. The van der Waals surface area contributed by atoms with Crippen LogP contribution in [0.2, 0.25) is 0 Å². The lowest BCUT2D eigenvalue weighted by atomic mass is 10.0. The van der Waals surface area contributed by atoms with Crippen molar-refractivity contribution >= 4 is 12.2 Å². The summed E-state index contributed by atoms with van der Waals surface area (Å²) in [6.45, 7) is 5.87. The Morgan fingerprint density at radius 2 is 1.96 bits per heavy atom. The van der Waals surface area contributed by atoms with Crippen LogP contribution < -0.4 is 9.47 Å². The van der Waals surface area contributed by atoms with Crippen molar-refractivity contribution in [2.75, 3.05) is 14.2 Å². The molecule has 0 fully saturated rings. The minimum Gasteiger partial charge on any atom is -0.508 e. The van der Waals surface area contributed by atoms with E-state index in [0.29, 0.717) is 17.9 Å². The van der Waals surface area contributed by atoms with Crippen molar-refractivity contribution in [3.63, 3.8) is 0 Å². The number of pyridine rings is 1. The Balaban J connectivity index is 2.30. The summed E-state index contributed by atoms with van der Waals surface area (Å²) in [4.78, 5) is 4.28. The van der Waals surface area contributed by atoms with Crippen LogP contribution in [-0.4, -0.2) is 24.3 Å². The first kappa shape index (κ1) is 17.6. The highest BCUT2D eigenvalue weighted by Gasteiger charge is 2.10. The average molecular weight is 325 g/mol. The van der Waals surface area contributed by atoms with Gasteiger partial charge in [-0.3, -0.25) is 4.98 Å². The van der Waals surface area contributed by atoms with Crippen LogP contribution in [0.4, 0.5) is 0 Å². The van der Waals surface area contributed by atoms with Gasteiger partial charge in [0.1, 0.15) is 22.9 Å². The van der Waals surface area contributed by atoms with Gasteiger partial charge in [-0.25, -0.2) is 0 Å². The van der Waals surface area contributed by atoms with Gasteiger partial charge in [0, 0.05) is 11.8 Å². The van der Waals surface area contributed by atoms with Crippen LogP contribution in [0.25, 0.3) is 12.2 Å². The van der Waals surface area contributed by atoms with Gasteiger partial charge in [-0.15, -0.1) is 6.58 Å². The molecule has 2 aromatic rings. The Bertz CT molecular complexity index is 751. The largest absolute Gasteiger partial charge is 0.508 e. The Hall–Kier alpha value is -2.75. The molecule has 0 unspecified atom stereocenters. The van der Waals surface area contributed by atoms with Gasteiger partial charge < -0.3 is 14.6 Å². The van der Waals surface area contributed by atoms with Crippen molar-refractivity contribution in [1.29, 1.82) is 0 Å². The molecule has 0 spiro atoms. The molecule has 4 heteroatoms. The molecule has 1 N–H and O–H groups in total. The molecule has 0 saturated carbocycles. The van der Waals surface area contributed by atoms with E-state index in [-0.39, 0.29) is 5.75 Å². The zero-order valence-electron chi connectivity index (χ0n) is 14.4. The monoisotopic (exact) mass is 325 g/mol. The normalized spacial score (nSPS) is 10.8. The second kappa shape index (κ2) is 8.20. The molecule has 0 amide bonds. The third-order valence-corrected chi connectivity index (χ3v) is 3.68. The zero-order chi connectivity index (χ0) is 17.5. The number of hydrogen-bond acceptors (Lipinski definition) is 4. The number of aromatic hydroxyl groups is 1. The first-order valence-electron chi connectivity index (χ1n) is 7.76. The molecule has 1 aromatic heterocycles. The van der Waals surface area contributed by atoms with Gasteiger partial charge in [0.25, 0.3) is 0 Å². The molecular weight excluding hydrogens is 302 g/mol. The van der Waals surface area contributed by atoms with Crippen molar-refractivity contribution in [1.82, 2.24) is 4.98 Å². The number of phenols is 1. The standard InChI is InChI=1S/C20H23NO3/c1-14(2)7-9-16-18(22)12-15(13-20(16)24-4)8-10-17-19(23-3)6-5-11-21-17/h5-6,8,10-13,22H,1,7,9H2,2-4H3. The smallest absolute Gasteiger partial charge is 0.144 e. The van der Waals surface area contributed by atoms with Gasteiger partial charge in [-0.1, -0.05) is 11.6 Å². The fourth-order valence-electron chi connectivity index (χ4n) is 2.40. The summed E-state index contributed by atoms with van der Waals surface area (Å²) in [5.74, 6) is 1.59. The van der Waals surface area contributed by atoms with Crippen LogP contribution in [0.3, 0.4) is 0 Å². The minimum atomic E-state index is 0.225. The van der Waals surface area contributed by atoms with Crippen molar-refractivity contribution in [2.45, 2.75) is 19.8 Å². The summed E-state index contributed by atoms with van der Waals surface area (Å²) in [5, 5.41) is 10.3. The van der Waals surface area contributed by atoms with E-state index in [2.05, 4.69) is 11.6 Å². The number of ether oxygens (including phenoxy) is 2. The predicted molar refractivity (Wildman–Crippen MR) is 97.5 cm³/mol. The van der Waals surface area contributed by atoms with Crippen LogP contribution >= 0.6 is 0 Å². The van der Waals surface area contributed by atoms with E-state index in [1.54, 1.807) is 26.5 Å². The molecule has 0 radical (unpaired) electrons. The lowest BCUT2D eigenvalue weighted by Crippen LogP contribution is -1.95. The minimum absolute atomic E-state index is 0.225. The molecule has 24 heavy (non-hydrogen) atoms. The van der Waals surface area contributed by atoms with Crippen LogP contribution in [0.15, 0.2) is 42.6 Å². The third-order valence-electron chi connectivity index (χ3n) is 3.68.